The number of hydrogen-bond donors (Lipinski definition) is 2. The van der Waals surface area contributed by atoms with Gasteiger partial charge in [0.2, 0.25) is 0 Å². The van der Waals surface area contributed by atoms with Crippen molar-refractivity contribution in [1.82, 2.24) is 30.3 Å². The minimum atomic E-state index is 0. The van der Waals surface area contributed by atoms with Crippen molar-refractivity contribution in [1.29, 1.82) is 0 Å². The van der Waals surface area contributed by atoms with Gasteiger partial charge in [0.1, 0.15) is 5.82 Å². The molecule has 32 heavy (non-hydrogen) atoms. The van der Waals surface area contributed by atoms with E-state index in [9.17, 15) is 0 Å². The lowest BCUT2D eigenvalue weighted by molar-refractivity contribution is 0.0169. The van der Waals surface area contributed by atoms with E-state index in [-0.39, 0.29) is 30.0 Å². The van der Waals surface area contributed by atoms with Crippen LogP contribution in [-0.2, 0) is 18.3 Å². The van der Waals surface area contributed by atoms with Crippen molar-refractivity contribution in [3.63, 3.8) is 0 Å². The summed E-state index contributed by atoms with van der Waals surface area (Å²) in [6.45, 7) is 6.32. The van der Waals surface area contributed by atoms with Gasteiger partial charge in [-0.15, -0.1) is 34.2 Å². The van der Waals surface area contributed by atoms with Gasteiger partial charge in [0.05, 0.1) is 40.0 Å². The van der Waals surface area contributed by atoms with Gasteiger partial charge in [-0.25, -0.2) is 0 Å². The minimum absolute atomic E-state index is 0. The molecule has 3 rings (SSSR count). The van der Waals surface area contributed by atoms with Crippen LogP contribution in [0.15, 0.2) is 23.2 Å². The molecule has 1 aliphatic rings. The fraction of sp³-hybridized carbons (Fsp3) is 0.571. The Morgan fingerprint density at radius 1 is 1.16 bits per heavy atom. The van der Waals surface area contributed by atoms with Crippen molar-refractivity contribution in [3.05, 3.63) is 35.4 Å². The molecule has 0 saturated carbocycles. The van der Waals surface area contributed by atoms with Crippen LogP contribution in [0.2, 0.25) is 0 Å². The number of nitrogens with one attached hydrogen (secondary N) is 2. The molecule has 1 fully saturated rings. The Labute approximate surface area is 206 Å². The Hall–Kier alpha value is -2.12. The molecule has 0 radical (unpaired) electrons. The molecule has 2 N–H and O–H groups in total. The van der Waals surface area contributed by atoms with Crippen LogP contribution >= 0.6 is 24.0 Å². The van der Waals surface area contributed by atoms with E-state index < -0.39 is 0 Å². The molecule has 0 amide bonds. The molecule has 11 heteroatoms. The number of aryl methyl sites for hydroxylation is 1. The molecule has 10 nitrogen and oxygen atoms in total. The van der Waals surface area contributed by atoms with Crippen LogP contribution in [0, 0.1) is 6.92 Å². The zero-order valence-corrected chi connectivity index (χ0v) is 21.8. The molecule has 1 aliphatic heterocycles. The van der Waals surface area contributed by atoms with Gasteiger partial charge in [0.15, 0.2) is 23.3 Å². The first-order chi connectivity index (χ1) is 15.1. The van der Waals surface area contributed by atoms with Crippen LogP contribution in [0.1, 0.15) is 23.3 Å². The summed E-state index contributed by atoms with van der Waals surface area (Å²) in [4.78, 5) is 6.77. The smallest absolute Gasteiger partial charge is 0.191 e. The lowest BCUT2D eigenvalue weighted by Gasteiger charge is -2.35. The van der Waals surface area contributed by atoms with Gasteiger partial charge in [-0.3, -0.25) is 9.89 Å². The van der Waals surface area contributed by atoms with E-state index in [0.717, 1.165) is 55.0 Å². The fourth-order valence-electron chi connectivity index (χ4n) is 3.59. The van der Waals surface area contributed by atoms with E-state index >= 15 is 0 Å². The summed E-state index contributed by atoms with van der Waals surface area (Å²) in [6.07, 6.45) is 0. The summed E-state index contributed by atoms with van der Waals surface area (Å²) in [6, 6.07) is 6.20. The Morgan fingerprint density at radius 3 is 2.47 bits per heavy atom. The molecule has 0 bridgehead atoms. The van der Waals surface area contributed by atoms with E-state index in [2.05, 4.69) is 36.8 Å². The van der Waals surface area contributed by atoms with Crippen LogP contribution < -0.4 is 20.1 Å². The van der Waals surface area contributed by atoms with E-state index in [1.165, 1.54) is 0 Å². The van der Waals surface area contributed by atoms with Crippen LogP contribution in [0.25, 0.3) is 0 Å². The van der Waals surface area contributed by atoms with Gasteiger partial charge in [-0.2, -0.15) is 0 Å². The van der Waals surface area contributed by atoms with Crippen molar-refractivity contribution in [2.45, 2.75) is 19.5 Å². The zero-order valence-electron chi connectivity index (χ0n) is 19.4. The van der Waals surface area contributed by atoms with Gasteiger partial charge in [-0.05, 0) is 24.6 Å². The molecular formula is C21H34IN7O3. The summed E-state index contributed by atoms with van der Waals surface area (Å²) < 4.78 is 18.4. The maximum Gasteiger partial charge on any atom is 0.191 e. The minimum Gasteiger partial charge on any atom is -0.493 e. The van der Waals surface area contributed by atoms with E-state index in [4.69, 9.17) is 14.2 Å². The van der Waals surface area contributed by atoms with Crippen molar-refractivity contribution < 1.29 is 14.2 Å². The largest absolute Gasteiger partial charge is 0.493 e. The number of methoxy groups -OCH3 is 2. The van der Waals surface area contributed by atoms with Crippen molar-refractivity contribution >= 4 is 29.9 Å². The number of halogens is 1. The highest BCUT2D eigenvalue weighted by molar-refractivity contribution is 14.0. The standard InChI is InChI=1S/C21H33N7O3.HI/c1-15-25-26-20(27(15)3)14-24-21(22-2)23-13-17(28-8-10-31-11-9-28)16-6-7-18(29-4)19(12-16)30-5;/h6-7,12,17H,8-11,13-14H2,1-5H3,(H2,22,23,24);1H. The number of rotatable bonds is 8. The van der Waals surface area contributed by atoms with E-state index in [1.54, 1.807) is 21.3 Å². The van der Waals surface area contributed by atoms with Crippen LogP contribution in [0.3, 0.4) is 0 Å². The average Bonchev–Trinajstić information content (AvgIpc) is 3.13. The first kappa shape index (κ1) is 26.1. The lowest BCUT2D eigenvalue weighted by Crippen LogP contribution is -2.46. The summed E-state index contributed by atoms with van der Waals surface area (Å²) in [5.74, 6) is 3.87. The van der Waals surface area contributed by atoms with Gasteiger partial charge in [-0.1, -0.05) is 6.07 Å². The molecule has 1 aromatic heterocycles. The Bertz CT molecular complexity index is 884. The Kier molecular flexibility index (Phi) is 10.5. The second-order valence-electron chi connectivity index (χ2n) is 7.31. The molecule has 178 valence electrons. The first-order valence-electron chi connectivity index (χ1n) is 10.4. The Morgan fingerprint density at radius 2 is 1.88 bits per heavy atom. The normalized spacial score (nSPS) is 15.6. The van der Waals surface area contributed by atoms with Gasteiger partial charge in [0.25, 0.3) is 0 Å². The maximum atomic E-state index is 5.56. The van der Waals surface area contributed by atoms with Gasteiger partial charge >= 0.3 is 0 Å². The topological polar surface area (TPSA) is 98.1 Å². The molecule has 1 unspecified atom stereocenters. The van der Waals surface area contributed by atoms with Crippen LogP contribution in [0.5, 0.6) is 11.5 Å². The quantitative estimate of drug-likeness (QED) is 0.286. The first-order valence-corrected chi connectivity index (χ1v) is 10.4. The molecular weight excluding hydrogens is 525 g/mol. The molecule has 1 aromatic carbocycles. The zero-order chi connectivity index (χ0) is 22.2. The third kappa shape index (κ3) is 6.45. The monoisotopic (exact) mass is 559 g/mol. The predicted molar refractivity (Wildman–Crippen MR) is 134 cm³/mol. The van der Waals surface area contributed by atoms with Crippen molar-refractivity contribution in [2.24, 2.45) is 12.0 Å². The number of benzene rings is 1. The molecule has 2 heterocycles. The summed E-state index contributed by atoms with van der Waals surface area (Å²) in [7, 11) is 7.02. The molecule has 1 atom stereocenters. The number of aliphatic imine (C=N–C) groups is 1. The van der Waals surface area contributed by atoms with Gasteiger partial charge < -0.3 is 29.4 Å². The highest BCUT2D eigenvalue weighted by Gasteiger charge is 2.24. The number of hydrogen-bond acceptors (Lipinski definition) is 7. The third-order valence-corrected chi connectivity index (χ3v) is 5.56. The molecule has 1 saturated heterocycles. The Balaban J connectivity index is 0.00000363. The number of nitrogens with zero attached hydrogens (tertiary/aromatic N) is 5. The van der Waals surface area contributed by atoms with E-state index in [0.29, 0.717) is 19.0 Å². The lowest BCUT2D eigenvalue weighted by atomic mass is 10.0. The molecule has 0 aliphatic carbocycles. The van der Waals surface area contributed by atoms with Gasteiger partial charge in [0, 0.05) is 33.7 Å². The fourth-order valence-corrected chi connectivity index (χ4v) is 3.59. The highest BCUT2D eigenvalue weighted by Crippen LogP contribution is 2.32. The second-order valence-corrected chi connectivity index (χ2v) is 7.31. The number of guanidine groups is 1. The number of ether oxygens (including phenoxy) is 3. The molecule has 2 aromatic rings. The maximum absolute atomic E-state index is 5.56. The van der Waals surface area contributed by atoms with Crippen LogP contribution in [-0.4, -0.2) is 79.7 Å². The highest BCUT2D eigenvalue weighted by atomic mass is 127. The molecule has 0 spiro atoms. The SMILES string of the molecule is CN=C(NCc1nnc(C)n1C)NCC(c1ccc(OC)c(OC)c1)N1CCOCC1.I. The van der Waals surface area contributed by atoms with E-state index in [1.807, 2.05) is 30.7 Å². The summed E-state index contributed by atoms with van der Waals surface area (Å²) in [5.41, 5.74) is 1.14. The third-order valence-electron chi connectivity index (χ3n) is 5.56. The average molecular weight is 559 g/mol. The van der Waals surface area contributed by atoms with Crippen LogP contribution in [0.4, 0.5) is 0 Å². The van der Waals surface area contributed by atoms with Crippen molar-refractivity contribution in [2.75, 3.05) is 54.1 Å². The number of morpholine rings is 1. The van der Waals surface area contributed by atoms with Crippen molar-refractivity contribution in [3.8, 4) is 11.5 Å². The second kappa shape index (κ2) is 12.8. The summed E-state index contributed by atoms with van der Waals surface area (Å²) >= 11 is 0. The number of aromatic nitrogens is 3. The summed E-state index contributed by atoms with van der Waals surface area (Å²) in [5, 5.41) is 15.1. The predicted octanol–water partition coefficient (Wildman–Crippen LogP) is 1.50.